The molecule has 0 aliphatic heterocycles. The molecule has 1 aliphatic rings. The molecule has 1 aromatic rings. The Bertz CT molecular complexity index is 361. The molecule has 0 aromatic heterocycles. The van der Waals surface area contributed by atoms with E-state index in [0.717, 1.165) is 28.3 Å². The minimum atomic E-state index is 0.571. The average Bonchev–Trinajstić information content (AvgIpc) is 2.38. The number of nitrogens with two attached hydrogens (primary N) is 1. The summed E-state index contributed by atoms with van der Waals surface area (Å²) in [5.41, 5.74) is 6.72. The Balaban J connectivity index is 1.89. The van der Waals surface area contributed by atoms with E-state index in [0.29, 0.717) is 6.54 Å². The highest BCUT2D eigenvalue weighted by atomic mass is 79.9. The van der Waals surface area contributed by atoms with E-state index in [-0.39, 0.29) is 0 Å². The van der Waals surface area contributed by atoms with Gasteiger partial charge in [0.2, 0.25) is 0 Å². The molecule has 0 atom stereocenters. The van der Waals surface area contributed by atoms with Crippen LogP contribution in [0.15, 0.2) is 22.7 Å². The lowest BCUT2D eigenvalue weighted by Gasteiger charge is -2.22. The standard InChI is InChI=1S/C14H20BrNO/c15-13-8-12(9-16)6-7-14(13)17-10-11-4-2-1-3-5-11/h6-8,11H,1-5,9-10,16H2. The lowest BCUT2D eigenvalue weighted by molar-refractivity contribution is 0.208. The van der Waals surface area contributed by atoms with Crippen molar-refractivity contribution in [1.82, 2.24) is 0 Å². The summed E-state index contributed by atoms with van der Waals surface area (Å²) in [5, 5.41) is 0. The third-order valence-corrected chi connectivity index (χ3v) is 4.05. The molecule has 2 N–H and O–H groups in total. The van der Waals surface area contributed by atoms with Gasteiger partial charge in [0.05, 0.1) is 11.1 Å². The van der Waals surface area contributed by atoms with Crippen molar-refractivity contribution >= 4 is 15.9 Å². The van der Waals surface area contributed by atoms with E-state index in [1.54, 1.807) is 0 Å². The first-order chi connectivity index (χ1) is 8.29. The Morgan fingerprint density at radius 2 is 2.00 bits per heavy atom. The molecule has 0 unspecified atom stereocenters. The summed E-state index contributed by atoms with van der Waals surface area (Å²) in [4.78, 5) is 0. The first kappa shape index (κ1) is 12.9. The van der Waals surface area contributed by atoms with Crippen LogP contribution in [0.3, 0.4) is 0 Å². The Hall–Kier alpha value is -0.540. The molecule has 1 fully saturated rings. The van der Waals surface area contributed by atoms with E-state index in [4.69, 9.17) is 10.5 Å². The van der Waals surface area contributed by atoms with Gasteiger partial charge in [0.25, 0.3) is 0 Å². The van der Waals surface area contributed by atoms with E-state index >= 15 is 0 Å². The minimum Gasteiger partial charge on any atom is -0.492 e. The molecule has 1 aromatic carbocycles. The molecule has 1 aliphatic carbocycles. The van der Waals surface area contributed by atoms with Crippen LogP contribution < -0.4 is 10.5 Å². The van der Waals surface area contributed by atoms with Crippen LogP contribution in [-0.2, 0) is 6.54 Å². The van der Waals surface area contributed by atoms with Crippen molar-refractivity contribution in [1.29, 1.82) is 0 Å². The topological polar surface area (TPSA) is 35.2 Å². The number of halogens is 1. The summed E-state index contributed by atoms with van der Waals surface area (Å²) >= 11 is 3.53. The molecule has 1 saturated carbocycles. The molecule has 2 nitrogen and oxygen atoms in total. The highest BCUT2D eigenvalue weighted by molar-refractivity contribution is 9.10. The summed E-state index contributed by atoms with van der Waals surface area (Å²) < 4.78 is 6.90. The van der Waals surface area contributed by atoms with Crippen LogP contribution in [0.5, 0.6) is 5.75 Å². The van der Waals surface area contributed by atoms with Crippen molar-refractivity contribution in [3.63, 3.8) is 0 Å². The fourth-order valence-corrected chi connectivity index (χ4v) is 2.89. The van der Waals surface area contributed by atoms with Gasteiger partial charge in [0.1, 0.15) is 5.75 Å². The van der Waals surface area contributed by atoms with Gasteiger partial charge in [-0.1, -0.05) is 25.3 Å². The van der Waals surface area contributed by atoms with Gasteiger partial charge >= 0.3 is 0 Å². The summed E-state index contributed by atoms with van der Waals surface area (Å²) in [6.07, 6.45) is 6.75. The molecular weight excluding hydrogens is 278 g/mol. The van der Waals surface area contributed by atoms with Crippen LogP contribution in [0, 0.1) is 5.92 Å². The molecule has 17 heavy (non-hydrogen) atoms. The molecule has 0 amide bonds. The van der Waals surface area contributed by atoms with Crippen molar-refractivity contribution in [2.75, 3.05) is 6.61 Å². The Labute approximate surface area is 112 Å². The zero-order valence-electron chi connectivity index (χ0n) is 10.1. The van der Waals surface area contributed by atoms with Gasteiger partial charge in [-0.25, -0.2) is 0 Å². The molecule has 2 rings (SSSR count). The summed E-state index contributed by atoms with van der Waals surface area (Å²) in [6.45, 7) is 1.42. The summed E-state index contributed by atoms with van der Waals surface area (Å²) in [6, 6.07) is 6.08. The van der Waals surface area contributed by atoms with Gasteiger partial charge in [0, 0.05) is 6.54 Å². The predicted molar refractivity (Wildman–Crippen MR) is 74.1 cm³/mol. The fraction of sp³-hybridized carbons (Fsp3) is 0.571. The molecule has 3 heteroatoms. The quantitative estimate of drug-likeness (QED) is 0.916. The number of rotatable bonds is 4. The van der Waals surface area contributed by atoms with E-state index in [1.807, 2.05) is 18.2 Å². The maximum absolute atomic E-state index is 5.89. The highest BCUT2D eigenvalue weighted by Crippen LogP contribution is 2.29. The van der Waals surface area contributed by atoms with Crippen LogP contribution in [0.25, 0.3) is 0 Å². The van der Waals surface area contributed by atoms with Crippen molar-refractivity contribution in [3.8, 4) is 5.75 Å². The van der Waals surface area contributed by atoms with Gasteiger partial charge in [0.15, 0.2) is 0 Å². The second-order valence-corrected chi connectivity index (χ2v) is 5.64. The lowest BCUT2D eigenvalue weighted by atomic mass is 9.90. The molecule has 0 bridgehead atoms. The molecule has 94 valence electrons. The van der Waals surface area contributed by atoms with Gasteiger partial charge in [-0.3, -0.25) is 0 Å². The largest absolute Gasteiger partial charge is 0.492 e. The highest BCUT2D eigenvalue weighted by Gasteiger charge is 2.14. The van der Waals surface area contributed by atoms with Crippen molar-refractivity contribution in [2.24, 2.45) is 11.7 Å². The molecule has 0 saturated heterocycles. The zero-order valence-corrected chi connectivity index (χ0v) is 11.7. The first-order valence-corrected chi connectivity index (χ1v) is 7.20. The third kappa shape index (κ3) is 3.71. The van der Waals surface area contributed by atoms with Crippen LogP contribution in [-0.4, -0.2) is 6.61 Å². The molecule has 0 radical (unpaired) electrons. The van der Waals surface area contributed by atoms with Crippen LogP contribution in [0.2, 0.25) is 0 Å². The summed E-state index contributed by atoms with van der Waals surface area (Å²) in [5.74, 6) is 1.68. The Kier molecular flexibility index (Phi) is 4.86. The van der Waals surface area contributed by atoms with Crippen molar-refractivity contribution in [2.45, 2.75) is 38.6 Å². The maximum Gasteiger partial charge on any atom is 0.133 e. The van der Waals surface area contributed by atoms with E-state index in [1.165, 1.54) is 32.1 Å². The second kappa shape index (κ2) is 6.41. The number of hydrogen-bond acceptors (Lipinski definition) is 2. The van der Waals surface area contributed by atoms with Crippen molar-refractivity contribution < 1.29 is 4.74 Å². The number of hydrogen-bond donors (Lipinski definition) is 1. The normalized spacial score (nSPS) is 17.1. The molecular formula is C14H20BrNO. The minimum absolute atomic E-state index is 0.571. The van der Waals surface area contributed by atoms with Gasteiger partial charge in [-0.2, -0.15) is 0 Å². The molecule has 0 heterocycles. The fourth-order valence-electron chi connectivity index (χ4n) is 2.35. The number of ether oxygens (including phenoxy) is 1. The Morgan fingerprint density at radius 3 is 2.65 bits per heavy atom. The average molecular weight is 298 g/mol. The smallest absolute Gasteiger partial charge is 0.133 e. The number of benzene rings is 1. The van der Waals surface area contributed by atoms with E-state index < -0.39 is 0 Å². The van der Waals surface area contributed by atoms with E-state index in [2.05, 4.69) is 15.9 Å². The van der Waals surface area contributed by atoms with Crippen molar-refractivity contribution in [3.05, 3.63) is 28.2 Å². The van der Waals surface area contributed by atoms with Gasteiger partial charge in [-0.15, -0.1) is 0 Å². The zero-order chi connectivity index (χ0) is 12.1. The monoisotopic (exact) mass is 297 g/mol. The van der Waals surface area contributed by atoms with Crippen LogP contribution in [0.4, 0.5) is 0 Å². The van der Waals surface area contributed by atoms with Crippen LogP contribution >= 0.6 is 15.9 Å². The molecule has 0 spiro atoms. The first-order valence-electron chi connectivity index (χ1n) is 6.41. The van der Waals surface area contributed by atoms with Gasteiger partial charge in [-0.05, 0) is 52.4 Å². The Morgan fingerprint density at radius 1 is 1.24 bits per heavy atom. The maximum atomic E-state index is 5.89. The third-order valence-electron chi connectivity index (χ3n) is 3.43. The van der Waals surface area contributed by atoms with E-state index in [9.17, 15) is 0 Å². The van der Waals surface area contributed by atoms with Gasteiger partial charge < -0.3 is 10.5 Å². The SMILES string of the molecule is NCc1ccc(OCC2CCCCC2)c(Br)c1. The lowest BCUT2D eigenvalue weighted by Crippen LogP contribution is -2.15. The predicted octanol–water partition coefficient (Wildman–Crippen LogP) is 3.87. The summed E-state index contributed by atoms with van der Waals surface area (Å²) in [7, 11) is 0. The van der Waals surface area contributed by atoms with Crippen LogP contribution in [0.1, 0.15) is 37.7 Å². The second-order valence-electron chi connectivity index (χ2n) is 4.78.